The molecule has 0 aliphatic carbocycles. The molecular weight excluding hydrogens is 320 g/mol. The number of furan rings is 1. The summed E-state index contributed by atoms with van der Waals surface area (Å²) in [7, 11) is 0. The monoisotopic (exact) mass is 334 g/mol. The van der Waals surface area contributed by atoms with E-state index in [2.05, 4.69) is 28.0 Å². The first kappa shape index (κ1) is 13.4. The maximum atomic E-state index is 10.4. The van der Waals surface area contributed by atoms with Gasteiger partial charge in [-0.05, 0) is 34.5 Å². The lowest BCUT2D eigenvalue weighted by atomic mass is 10.1. The Labute approximate surface area is 125 Å². The van der Waals surface area contributed by atoms with Gasteiger partial charge in [-0.1, -0.05) is 19.1 Å². The average Bonchev–Trinajstić information content (AvgIpc) is 3.05. The molecule has 3 aromatic rings. The number of aliphatic hydroxyl groups excluding tert-OH is 1. The van der Waals surface area contributed by atoms with E-state index in [4.69, 9.17) is 4.42 Å². The van der Waals surface area contributed by atoms with Crippen molar-refractivity contribution in [3.63, 3.8) is 0 Å². The second-order valence-corrected chi connectivity index (χ2v) is 5.60. The molecule has 104 valence electrons. The molecule has 1 aromatic carbocycles. The predicted octanol–water partition coefficient (Wildman–Crippen LogP) is 3.88. The number of aliphatic hydroxyl groups is 1. The van der Waals surface area contributed by atoms with Gasteiger partial charge in [-0.15, -0.1) is 0 Å². The fraction of sp³-hybridized carbons (Fsp3) is 0.267. The number of aromatic nitrogens is 2. The SMILES string of the molecule is CCCn1cc(C(O)c2cc3cccc(Br)c3o2)cn1. The van der Waals surface area contributed by atoms with Gasteiger partial charge in [0, 0.05) is 23.7 Å². The molecule has 0 saturated carbocycles. The molecule has 0 aliphatic heterocycles. The number of aryl methyl sites for hydroxylation is 1. The van der Waals surface area contributed by atoms with Crippen LogP contribution < -0.4 is 0 Å². The van der Waals surface area contributed by atoms with Crippen molar-refractivity contribution >= 4 is 26.9 Å². The standard InChI is InChI=1S/C15H15BrN2O2/c1-2-6-18-9-11(8-17-18)14(19)13-7-10-4-3-5-12(16)15(10)20-13/h3-5,7-9,14,19H,2,6H2,1H3. The molecule has 0 spiro atoms. The molecular formula is C15H15BrN2O2. The van der Waals surface area contributed by atoms with Gasteiger partial charge in [-0.3, -0.25) is 4.68 Å². The van der Waals surface area contributed by atoms with E-state index in [-0.39, 0.29) is 0 Å². The quantitative estimate of drug-likeness (QED) is 0.787. The fourth-order valence-corrected chi connectivity index (χ4v) is 2.68. The molecule has 0 radical (unpaired) electrons. The molecule has 0 amide bonds. The van der Waals surface area contributed by atoms with Crippen molar-refractivity contribution < 1.29 is 9.52 Å². The van der Waals surface area contributed by atoms with Crippen LogP contribution in [-0.2, 0) is 6.54 Å². The lowest BCUT2D eigenvalue weighted by Crippen LogP contribution is -1.98. The van der Waals surface area contributed by atoms with Crippen LogP contribution in [-0.4, -0.2) is 14.9 Å². The molecule has 3 rings (SSSR count). The Bertz CT molecular complexity index is 732. The van der Waals surface area contributed by atoms with Crippen LogP contribution in [0.25, 0.3) is 11.0 Å². The molecule has 1 N–H and O–H groups in total. The fourth-order valence-electron chi connectivity index (χ4n) is 2.22. The van der Waals surface area contributed by atoms with Crippen molar-refractivity contribution in [1.82, 2.24) is 9.78 Å². The minimum absolute atomic E-state index is 0.531. The van der Waals surface area contributed by atoms with Gasteiger partial charge in [0.15, 0.2) is 0 Å². The van der Waals surface area contributed by atoms with E-state index in [1.54, 1.807) is 6.20 Å². The molecule has 0 fully saturated rings. The van der Waals surface area contributed by atoms with Gasteiger partial charge in [0.25, 0.3) is 0 Å². The maximum Gasteiger partial charge on any atom is 0.148 e. The zero-order chi connectivity index (χ0) is 14.1. The summed E-state index contributed by atoms with van der Waals surface area (Å²) in [6.07, 6.45) is 3.76. The zero-order valence-electron chi connectivity index (χ0n) is 11.1. The first-order valence-electron chi connectivity index (χ1n) is 6.57. The third-order valence-corrected chi connectivity index (χ3v) is 3.83. The number of fused-ring (bicyclic) bond motifs is 1. The van der Waals surface area contributed by atoms with Gasteiger partial charge in [0.05, 0.1) is 10.7 Å². The Balaban J connectivity index is 1.94. The average molecular weight is 335 g/mol. The van der Waals surface area contributed by atoms with Crippen molar-refractivity contribution in [3.05, 3.63) is 52.5 Å². The van der Waals surface area contributed by atoms with Crippen molar-refractivity contribution in [1.29, 1.82) is 0 Å². The van der Waals surface area contributed by atoms with Crippen LogP contribution in [0.5, 0.6) is 0 Å². The molecule has 5 heteroatoms. The maximum absolute atomic E-state index is 10.4. The smallest absolute Gasteiger partial charge is 0.148 e. The third kappa shape index (κ3) is 2.39. The Morgan fingerprint density at radius 2 is 2.30 bits per heavy atom. The van der Waals surface area contributed by atoms with Crippen molar-refractivity contribution in [2.24, 2.45) is 0 Å². The Kier molecular flexibility index (Phi) is 3.63. The van der Waals surface area contributed by atoms with E-state index >= 15 is 0 Å². The van der Waals surface area contributed by atoms with E-state index in [9.17, 15) is 5.11 Å². The van der Waals surface area contributed by atoms with Crippen LogP contribution >= 0.6 is 15.9 Å². The number of hydrogen-bond acceptors (Lipinski definition) is 3. The highest BCUT2D eigenvalue weighted by molar-refractivity contribution is 9.10. The molecule has 4 nitrogen and oxygen atoms in total. The Hall–Kier alpha value is -1.59. The highest BCUT2D eigenvalue weighted by atomic mass is 79.9. The summed E-state index contributed by atoms with van der Waals surface area (Å²) < 4.78 is 8.47. The molecule has 2 heterocycles. The van der Waals surface area contributed by atoms with Crippen LogP contribution in [0.15, 0.2) is 45.5 Å². The summed E-state index contributed by atoms with van der Waals surface area (Å²) in [5, 5.41) is 15.6. The summed E-state index contributed by atoms with van der Waals surface area (Å²) in [6, 6.07) is 7.68. The zero-order valence-corrected chi connectivity index (χ0v) is 12.7. The lowest BCUT2D eigenvalue weighted by molar-refractivity contribution is 0.192. The predicted molar refractivity (Wildman–Crippen MR) is 80.5 cm³/mol. The molecule has 0 bridgehead atoms. The minimum atomic E-state index is -0.792. The largest absolute Gasteiger partial charge is 0.457 e. The van der Waals surface area contributed by atoms with E-state index < -0.39 is 6.10 Å². The first-order chi connectivity index (χ1) is 9.69. The minimum Gasteiger partial charge on any atom is -0.457 e. The van der Waals surface area contributed by atoms with Crippen LogP contribution in [0, 0.1) is 0 Å². The number of benzene rings is 1. The summed E-state index contributed by atoms with van der Waals surface area (Å²) in [6.45, 7) is 2.94. The number of halogens is 1. The van der Waals surface area contributed by atoms with Crippen molar-refractivity contribution in [3.8, 4) is 0 Å². The molecule has 2 aromatic heterocycles. The number of nitrogens with zero attached hydrogens (tertiary/aromatic N) is 2. The summed E-state index contributed by atoms with van der Waals surface area (Å²) in [5.74, 6) is 0.531. The molecule has 0 aliphatic rings. The molecule has 1 atom stereocenters. The molecule has 20 heavy (non-hydrogen) atoms. The van der Waals surface area contributed by atoms with Crippen LogP contribution in [0.3, 0.4) is 0 Å². The highest BCUT2D eigenvalue weighted by Gasteiger charge is 2.18. The van der Waals surface area contributed by atoms with E-state index in [1.807, 2.05) is 35.1 Å². The van der Waals surface area contributed by atoms with Gasteiger partial charge in [-0.25, -0.2) is 0 Å². The van der Waals surface area contributed by atoms with E-state index in [0.717, 1.165) is 34.0 Å². The number of hydrogen-bond donors (Lipinski definition) is 1. The first-order valence-corrected chi connectivity index (χ1v) is 7.36. The van der Waals surface area contributed by atoms with Gasteiger partial charge in [0.1, 0.15) is 17.4 Å². The summed E-state index contributed by atoms with van der Waals surface area (Å²) >= 11 is 3.45. The Morgan fingerprint density at radius 1 is 1.45 bits per heavy atom. The summed E-state index contributed by atoms with van der Waals surface area (Å²) in [5.41, 5.74) is 1.50. The number of rotatable bonds is 4. The van der Waals surface area contributed by atoms with Gasteiger partial charge in [0.2, 0.25) is 0 Å². The second kappa shape index (κ2) is 5.42. The Morgan fingerprint density at radius 3 is 3.05 bits per heavy atom. The van der Waals surface area contributed by atoms with E-state index in [1.165, 1.54) is 0 Å². The molecule has 0 saturated heterocycles. The van der Waals surface area contributed by atoms with Crippen LogP contribution in [0.4, 0.5) is 0 Å². The van der Waals surface area contributed by atoms with Gasteiger partial charge in [-0.2, -0.15) is 5.10 Å². The second-order valence-electron chi connectivity index (χ2n) is 4.75. The van der Waals surface area contributed by atoms with E-state index in [0.29, 0.717) is 5.76 Å². The third-order valence-electron chi connectivity index (χ3n) is 3.21. The van der Waals surface area contributed by atoms with Crippen molar-refractivity contribution in [2.75, 3.05) is 0 Å². The lowest BCUT2D eigenvalue weighted by Gasteiger charge is -2.03. The highest BCUT2D eigenvalue weighted by Crippen LogP contribution is 2.31. The topological polar surface area (TPSA) is 51.2 Å². The molecule has 1 unspecified atom stereocenters. The van der Waals surface area contributed by atoms with Crippen molar-refractivity contribution in [2.45, 2.75) is 26.0 Å². The normalized spacial score (nSPS) is 12.9. The van der Waals surface area contributed by atoms with Gasteiger partial charge >= 0.3 is 0 Å². The van der Waals surface area contributed by atoms with Gasteiger partial charge < -0.3 is 9.52 Å². The van der Waals surface area contributed by atoms with Crippen LogP contribution in [0.1, 0.15) is 30.8 Å². The summed E-state index contributed by atoms with van der Waals surface area (Å²) in [4.78, 5) is 0. The number of para-hydroxylation sites is 1. The van der Waals surface area contributed by atoms with Crippen LogP contribution in [0.2, 0.25) is 0 Å².